The molecule has 1 aromatic rings. The number of nitrogens with zero attached hydrogens (tertiary/aromatic N) is 1. The first-order chi connectivity index (χ1) is 9.08. The van der Waals surface area contributed by atoms with Gasteiger partial charge < -0.3 is 10.0 Å². The fourth-order valence-corrected chi connectivity index (χ4v) is 2.78. The molecule has 0 aromatic heterocycles. The lowest BCUT2D eigenvalue weighted by molar-refractivity contribution is -0.131. The Balaban J connectivity index is 2.21. The van der Waals surface area contributed by atoms with E-state index < -0.39 is 5.97 Å². The second-order valence-corrected chi connectivity index (χ2v) is 5.33. The highest BCUT2D eigenvalue weighted by Crippen LogP contribution is 2.32. The molecule has 0 amide bonds. The molecule has 1 aliphatic heterocycles. The molecule has 102 valence electrons. The predicted molar refractivity (Wildman–Crippen MR) is 78.8 cm³/mol. The number of carbonyl (C=O) groups is 1. The number of aliphatic carboxylic acids is 1. The number of halogens is 1. The maximum absolute atomic E-state index is 10.5. The van der Waals surface area contributed by atoms with Crippen molar-refractivity contribution >= 4 is 29.3 Å². The van der Waals surface area contributed by atoms with E-state index in [9.17, 15) is 4.79 Å². The molecule has 1 N–H and O–H groups in total. The number of hydrogen-bond donors (Lipinski definition) is 1. The van der Waals surface area contributed by atoms with Gasteiger partial charge in [-0.2, -0.15) is 0 Å². The predicted octanol–water partition coefficient (Wildman–Crippen LogP) is 3.82. The number of piperidine rings is 1. The van der Waals surface area contributed by atoms with Crippen LogP contribution in [0.15, 0.2) is 24.3 Å². The minimum absolute atomic E-state index is 0.506. The van der Waals surface area contributed by atoms with Crippen LogP contribution in [-0.2, 0) is 4.79 Å². The van der Waals surface area contributed by atoms with Crippen molar-refractivity contribution in [1.29, 1.82) is 0 Å². The zero-order valence-corrected chi connectivity index (χ0v) is 11.7. The third-order valence-corrected chi connectivity index (χ3v) is 3.81. The van der Waals surface area contributed by atoms with Crippen molar-refractivity contribution in [2.45, 2.75) is 32.2 Å². The summed E-state index contributed by atoms with van der Waals surface area (Å²) in [5.41, 5.74) is 1.85. The van der Waals surface area contributed by atoms with Crippen molar-refractivity contribution in [1.82, 2.24) is 0 Å². The summed E-state index contributed by atoms with van der Waals surface area (Å²) in [4.78, 5) is 12.8. The van der Waals surface area contributed by atoms with Crippen LogP contribution in [0.1, 0.15) is 31.7 Å². The van der Waals surface area contributed by atoms with Crippen LogP contribution in [0, 0.1) is 0 Å². The average Bonchev–Trinajstić information content (AvgIpc) is 2.38. The normalized spacial score (nSPS) is 19.9. The molecule has 4 heteroatoms. The first-order valence-electron chi connectivity index (χ1n) is 6.55. The van der Waals surface area contributed by atoms with Gasteiger partial charge in [0, 0.05) is 18.7 Å². The molecule has 3 nitrogen and oxygen atoms in total. The number of anilines is 1. The fraction of sp³-hybridized carbons (Fsp3) is 0.400. The third-order valence-electron chi connectivity index (χ3n) is 3.50. The highest BCUT2D eigenvalue weighted by molar-refractivity contribution is 6.33. The van der Waals surface area contributed by atoms with E-state index in [0.29, 0.717) is 11.1 Å². The lowest BCUT2D eigenvalue weighted by Gasteiger charge is -2.36. The molecule has 1 heterocycles. The van der Waals surface area contributed by atoms with Crippen LogP contribution in [0.25, 0.3) is 6.08 Å². The summed E-state index contributed by atoms with van der Waals surface area (Å²) >= 11 is 6.32. The Morgan fingerprint density at radius 1 is 1.47 bits per heavy atom. The van der Waals surface area contributed by atoms with E-state index in [-0.39, 0.29) is 0 Å². The summed E-state index contributed by atoms with van der Waals surface area (Å²) in [6, 6.07) is 6.21. The van der Waals surface area contributed by atoms with Crippen LogP contribution in [-0.4, -0.2) is 23.7 Å². The van der Waals surface area contributed by atoms with Crippen LogP contribution in [0.4, 0.5) is 5.69 Å². The van der Waals surface area contributed by atoms with E-state index >= 15 is 0 Å². The van der Waals surface area contributed by atoms with Crippen LogP contribution in [0.5, 0.6) is 0 Å². The number of carboxylic acids is 1. The molecule has 1 aromatic carbocycles. The van der Waals surface area contributed by atoms with Crippen LogP contribution >= 0.6 is 11.6 Å². The molecule has 1 unspecified atom stereocenters. The van der Waals surface area contributed by atoms with E-state index in [1.54, 1.807) is 6.08 Å². The lowest BCUT2D eigenvalue weighted by atomic mass is 10.0. The molecule has 19 heavy (non-hydrogen) atoms. The molecule has 1 saturated heterocycles. The maximum atomic E-state index is 10.5. The van der Waals surface area contributed by atoms with E-state index in [2.05, 4.69) is 11.8 Å². The van der Waals surface area contributed by atoms with Crippen molar-refractivity contribution in [3.8, 4) is 0 Å². The Bertz CT molecular complexity index is 499. The molecule has 0 spiro atoms. The Kier molecular flexibility index (Phi) is 4.48. The third kappa shape index (κ3) is 3.51. The Hall–Kier alpha value is -1.48. The topological polar surface area (TPSA) is 40.5 Å². The summed E-state index contributed by atoms with van der Waals surface area (Å²) in [7, 11) is 0. The first kappa shape index (κ1) is 13.9. The summed E-state index contributed by atoms with van der Waals surface area (Å²) in [6.45, 7) is 3.25. The van der Waals surface area contributed by atoms with Gasteiger partial charge in [-0.25, -0.2) is 4.79 Å². The number of rotatable bonds is 3. The second-order valence-electron chi connectivity index (χ2n) is 4.92. The summed E-state index contributed by atoms with van der Waals surface area (Å²) in [5, 5.41) is 9.29. The molecule has 0 bridgehead atoms. The van der Waals surface area contributed by atoms with Crippen LogP contribution < -0.4 is 4.90 Å². The zero-order chi connectivity index (χ0) is 13.8. The molecular formula is C15H18ClNO2. The lowest BCUT2D eigenvalue weighted by Crippen LogP contribution is -2.37. The Labute approximate surface area is 118 Å². The van der Waals surface area contributed by atoms with Crippen molar-refractivity contribution in [2.24, 2.45) is 0 Å². The smallest absolute Gasteiger partial charge is 0.328 e. The summed E-state index contributed by atoms with van der Waals surface area (Å²) in [5.74, 6) is -0.954. The van der Waals surface area contributed by atoms with Crippen LogP contribution in [0.2, 0.25) is 5.02 Å². The molecule has 0 aliphatic carbocycles. The Morgan fingerprint density at radius 2 is 2.26 bits per heavy atom. The molecule has 1 fully saturated rings. The fourth-order valence-electron chi connectivity index (χ4n) is 2.48. The monoisotopic (exact) mass is 279 g/mol. The number of hydrogen-bond acceptors (Lipinski definition) is 2. The standard InChI is InChI=1S/C15H18ClNO2/c1-11-4-2-3-9-17(11)14-7-5-12(10-13(14)16)6-8-15(18)19/h5-8,10-11H,2-4,9H2,1H3,(H,18,19)/b8-6+. The molecule has 0 saturated carbocycles. The maximum Gasteiger partial charge on any atom is 0.328 e. The zero-order valence-electron chi connectivity index (χ0n) is 11.0. The van der Waals surface area contributed by atoms with Gasteiger partial charge in [-0.1, -0.05) is 17.7 Å². The van der Waals surface area contributed by atoms with E-state index in [0.717, 1.165) is 23.9 Å². The Morgan fingerprint density at radius 3 is 2.89 bits per heavy atom. The van der Waals surface area contributed by atoms with Gasteiger partial charge in [0.1, 0.15) is 0 Å². The number of carboxylic acid groups (broad SMARTS) is 1. The average molecular weight is 280 g/mol. The van der Waals surface area contributed by atoms with E-state index in [4.69, 9.17) is 16.7 Å². The summed E-state index contributed by atoms with van der Waals surface area (Å²) < 4.78 is 0. The van der Waals surface area contributed by atoms with Gasteiger partial charge in [0.15, 0.2) is 0 Å². The van der Waals surface area contributed by atoms with Crippen LogP contribution in [0.3, 0.4) is 0 Å². The highest BCUT2D eigenvalue weighted by atomic mass is 35.5. The van der Waals surface area contributed by atoms with Gasteiger partial charge >= 0.3 is 5.97 Å². The SMILES string of the molecule is CC1CCCCN1c1ccc(/C=C/C(=O)O)cc1Cl. The van der Waals surface area contributed by atoms with E-state index in [1.807, 2.05) is 18.2 Å². The van der Waals surface area contributed by atoms with E-state index in [1.165, 1.54) is 19.3 Å². The van der Waals surface area contributed by atoms with Crippen molar-refractivity contribution in [3.05, 3.63) is 34.9 Å². The largest absolute Gasteiger partial charge is 0.478 e. The minimum atomic E-state index is -0.954. The highest BCUT2D eigenvalue weighted by Gasteiger charge is 2.20. The van der Waals surface area contributed by atoms with Gasteiger partial charge in [0.05, 0.1) is 10.7 Å². The van der Waals surface area contributed by atoms with Crippen molar-refractivity contribution in [2.75, 3.05) is 11.4 Å². The number of benzene rings is 1. The molecule has 0 radical (unpaired) electrons. The van der Waals surface area contributed by atoms with Crippen molar-refractivity contribution < 1.29 is 9.90 Å². The molecule has 2 rings (SSSR count). The van der Waals surface area contributed by atoms with Gasteiger partial charge in [-0.15, -0.1) is 0 Å². The van der Waals surface area contributed by atoms with Gasteiger partial charge in [0.25, 0.3) is 0 Å². The van der Waals surface area contributed by atoms with Crippen molar-refractivity contribution in [3.63, 3.8) is 0 Å². The van der Waals surface area contributed by atoms with Gasteiger partial charge in [-0.3, -0.25) is 0 Å². The minimum Gasteiger partial charge on any atom is -0.478 e. The first-order valence-corrected chi connectivity index (χ1v) is 6.93. The van der Waals surface area contributed by atoms with Gasteiger partial charge in [-0.05, 0) is 50.0 Å². The quantitative estimate of drug-likeness (QED) is 0.855. The molecule has 1 atom stereocenters. The summed E-state index contributed by atoms with van der Waals surface area (Å²) in [6.07, 6.45) is 6.33. The van der Waals surface area contributed by atoms with Gasteiger partial charge in [0.2, 0.25) is 0 Å². The molecular weight excluding hydrogens is 262 g/mol. The second kappa shape index (κ2) is 6.11. The molecule has 1 aliphatic rings.